The number of halogens is 1. The maximum atomic E-state index is 13.4. The van der Waals surface area contributed by atoms with Gasteiger partial charge in [0.05, 0.1) is 24.3 Å². The number of rotatable bonds is 7. The molecule has 3 aromatic heterocycles. The zero-order chi connectivity index (χ0) is 26.1. The van der Waals surface area contributed by atoms with Crippen LogP contribution in [0, 0.1) is 17.7 Å². The minimum absolute atomic E-state index is 0.129. The van der Waals surface area contributed by atoms with E-state index in [0.717, 1.165) is 66.0 Å². The fraction of sp³-hybridized carbons (Fsp3) is 0.464. The molecule has 1 atom stereocenters. The summed E-state index contributed by atoms with van der Waals surface area (Å²) in [6, 6.07) is 7.97. The van der Waals surface area contributed by atoms with Gasteiger partial charge in [0.15, 0.2) is 0 Å². The van der Waals surface area contributed by atoms with Crippen molar-refractivity contribution in [2.24, 2.45) is 11.8 Å². The molecule has 1 saturated carbocycles. The maximum Gasteiger partial charge on any atom is 0.214 e. The Morgan fingerprint density at radius 1 is 1.03 bits per heavy atom. The third kappa shape index (κ3) is 5.24. The van der Waals surface area contributed by atoms with Crippen molar-refractivity contribution >= 4 is 31.8 Å². The fourth-order valence-electron chi connectivity index (χ4n) is 6.06. The van der Waals surface area contributed by atoms with Crippen LogP contribution in [0.3, 0.4) is 0 Å². The molecule has 10 heteroatoms. The van der Waals surface area contributed by atoms with E-state index in [1.165, 1.54) is 12.1 Å². The molecule has 1 N–H and O–H groups in total. The first-order valence-corrected chi connectivity index (χ1v) is 15.0. The van der Waals surface area contributed by atoms with Crippen molar-refractivity contribution < 1.29 is 17.5 Å². The highest BCUT2D eigenvalue weighted by Crippen LogP contribution is 2.39. The number of nitrogens with one attached hydrogen (secondary N) is 1. The second-order valence-corrected chi connectivity index (χ2v) is 12.7. The van der Waals surface area contributed by atoms with Gasteiger partial charge in [-0.25, -0.2) is 22.1 Å². The van der Waals surface area contributed by atoms with Crippen molar-refractivity contribution in [1.82, 2.24) is 24.5 Å². The number of hydrogen-bond donors (Lipinski definition) is 1. The zero-order valence-corrected chi connectivity index (χ0v) is 22.0. The molecule has 2 aliphatic rings. The van der Waals surface area contributed by atoms with Gasteiger partial charge in [-0.3, -0.25) is 0 Å². The van der Waals surface area contributed by atoms with Crippen molar-refractivity contribution in [2.75, 3.05) is 25.4 Å². The van der Waals surface area contributed by atoms with Gasteiger partial charge in [-0.05, 0) is 74.8 Å². The number of sulfonamides is 1. The topological polar surface area (TPSA) is 101 Å². The van der Waals surface area contributed by atoms with E-state index in [1.54, 1.807) is 22.6 Å². The molecule has 4 aromatic rings. The maximum absolute atomic E-state index is 13.4. The molecule has 8 nitrogen and oxygen atoms in total. The summed E-state index contributed by atoms with van der Waals surface area (Å²) in [6.45, 7) is 1.47. The Morgan fingerprint density at radius 3 is 2.66 bits per heavy atom. The minimum atomic E-state index is -3.35. The lowest BCUT2D eigenvalue weighted by Gasteiger charge is -2.34. The summed E-state index contributed by atoms with van der Waals surface area (Å²) < 4.78 is 47.3. The van der Waals surface area contributed by atoms with E-state index in [2.05, 4.69) is 20.2 Å². The van der Waals surface area contributed by atoms with Gasteiger partial charge in [-0.15, -0.1) is 0 Å². The first kappa shape index (κ1) is 25.2. The standard InChI is InChI=1S/C28H32FN5O3S/c29-23-7-9-24(10-8-23)37-17-20-2-1-13-34(16-20)38(35,36)18-19-3-5-21(6-4-19)27-26-22(15-32-33-27)14-31-28-25(26)11-12-30-28/h7-12,14-15,19-21H,1-6,13,16-18H2,(H,30,31). The average molecular weight is 538 g/mol. The number of nitrogens with zero attached hydrogens (tertiary/aromatic N) is 4. The van der Waals surface area contributed by atoms with Gasteiger partial charge in [0.25, 0.3) is 0 Å². The zero-order valence-electron chi connectivity index (χ0n) is 21.2. The lowest BCUT2D eigenvalue weighted by Crippen LogP contribution is -2.43. The van der Waals surface area contributed by atoms with Crippen molar-refractivity contribution in [1.29, 1.82) is 0 Å². The Morgan fingerprint density at radius 2 is 1.84 bits per heavy atom. The number of benzene rings is 1. The van der Waals surface area contributed by atoms with Gasteiger partial charge in [0.2, 0.25) is 10.0 Å². The lowest BCUT2D eigenvalue weighted by atomic mass is 9.80. The van der Waals surface area contributed by atoms with E-state index < -0.39 is 10.0 Å². The van der Waals surface area contributed by atoms with Gasteiger partial charge in [-0.2, -0.15) is 10.2 Å². The number of piperidine rings is 1. The van der Waals surface area contributed by atoms with Crippen LogP contribution >= 0.6 is 0 Å². The molecule has 2 fully saturated rings. The Hall–Kier alpha value is -3.11. The van der Waals surface area contributed by atoms with Crippen LogP contribution in [-0.4, -0.2) is 58.3 Å². The Bertz CT molecular complexity index is 1520. The van der Waals surface area contributed by atoms with Crippen molar-refractivity contribution in [3.63, 3.8) is 0 Å². The van der Waals surface area contributed by atoms with Crippen LogP contribution in [0.2, 0.25) is 0 Å². The Labute approximate surface area is 221 Å². The third-order valence-corrected chi connectivity index (χ3v) is 10.1. The van der Waals surface area contributed by atoms with Gasteiger partial charge in [0.1, 0.15) is 17.2 Å². The van der Waals surface area contributed by atoms with E-state index in [-0.39, 0.29) is 29.3 Å². The summed E-state index contributed by atoms with van der Waals surface area (Å²) in [7, 11) is -3.35. The van der Waals surface area contributed by atoms with E-state index in [4.69, 9.17) is 4.74 Å². The van der Waals surface area contributed by atoms with Crippen molar-refractivity contribution in [3.05, 3.63) is 60.4 Å². The molecule has 1 unspecified atom stereocenters. The summed E-state index contributed by atoms with van der Waals surface area (Å²) in [5, 5.41) is 11.9. The molecule has 38 heavy (non-hydrogen) atoms. The van der Waals surface area contributed by atoms with Crippen LogP contribution in [0.15, 0.2) is 48.9 Å². The van der Waals surface area contributed by atoms with Gasteiger partial charge < -0.3 is 9.72 Å². The molecule has 4 heterocycles. The molecule has 0 bridgehead atoms. The second-order valence-electron chi connectivity index (χ2n) is 10.7. The minimum Gasteiger partial charge on any atom is -0.493 e. The molecular weight excluding hydrogens is 505 g/mol. The number of ether oxygens (including phenoxy) is 1. The number of aromatic nitrogens is 4. The van der Waals surface area contributed by atoms with Gasteiger partial charge in [0, 0.05) is 53.5 Å². The quantitative estimate of drug-likeness (QED) is 0.355. The lowest BCUT2D eigenvalue weighted by molar-refractivity contribution is 0.179. The van der Waals surface area contributed by atoms with E-state index >= 15 is 0 Å². The molecule has 1 aliphatic carbocycles. The third-order valence-electron chi connectivity index (χ3n) is 8.09. The Balaban J connectivity index is 1.07. The predicted octanol–water partition coefficient (Wildman–Crippen LogP) is 5.04. The summed E-state index contributed by atoms with van der Waals surface area (Å²) in [5.41, 5.74) is 1.84. The normalized spacial score (nSPS) is 23.1. The van der Waals surface area contributed by atoms with E-state index in [1.807, 2.05) is 18.5 Å². The van der Waals surface area contributed by atoms with Crippen LogP contribution in [0.25, 0.3) is 21.8 Å². The summed E-state index contributed by atoms with van der Waals surface area (Å²) in [4.78, 5) is 7.65. The number of H-pyrrole nitrogens is 1. The fourth-order valence-corrected chi connectivity index (χ4v) is 8.05. The van der Waals surface area contributed by atoms with Crippen LogP contribution in [0.5, 0.6) is 5.75 Å². The molecule has 0 amide bonds. The number of aromatic amines is 1. The highest BCUT2D eigenvalue weighted by atomic mass is 32.2. The van der Waals surface area contributed by atoms with Gasteiger partial charge >= 0.3 is 0 Å². The number of pyridine rings is 1. The number of fused-ring (bicyclic) bond motifs is 3. The molecule has 200 valence electrons. The summed E-state index contributed by atoms with van der Waals surface area (Å²) in [6.07, 6.45) is 10.7. The first-order valence-electron chi connectivity index (χ1n) is 13.4. The molecule has 1 saturated heterocycles. The van der Waals surface area contributed by atoms with Crippen LogP contribution in [0.1, 0.15) is 50.1 Å². The second kappa shape index (κ2) is 10.6. The van der Waals surface area contributed by atoms with Crippen LogP contribution < -0.4 is 4.74 Å². The molecule has 1 aromatic carbocycles. The molecule has 0 radical (unpaired) electrons. The first-order chi connectivity index (χ1) is 18.5. The SMILES string of the molecule is O=S(=O)(CC1CCC(c2nncc3cnc4[nH]ccc4c23)CC1)N1CCCC(COc2ccc(F)cc2)C1. The monoisotopic (exact) mass is 537 g/mol. The van der Waals surface area contributed by atoms with E-state index in [9.17, 15) is 12.8 Å². The molecule has 6 rings (SSSR count). The highest BCUT2D eigenvalue weighted by molar-refractivity contribution is 7.89. The smallest absolute Gasteiger partial charge is 0.214 e. The number of hydrogen-bond acceptors (Lipinski definition) is 6. The van der Waals surface area contributed by atoms with Gasteiger partial charge in [-0.1, -0.05) is 0 Å². The van der Waals surface area contributed by atoms with Crippen LogP contribution in [-0.2, 0) is 10.0 Å². The van der Waals surface area contributed by atoms with Crippen molar-refractivity contribution in [3.8, 4) is 5.75 Å². The largest absolute Gasteiger partial charge is 0.493 e. The molecular formula is C28H32FN5O3S. The van der Waals surface area contributed by atoms with E-state index in [0.29, 0.717) is 25.4 Å². The Kier molecular flexibility index (Phi) is 7.01. The summed E-state index contributed by atoms with van der Waals surface area (Å²) >= 11 is 0. The average Bonchev–Trinajstić information content (AvgIpc) is 3.42. The summed E-state index contributed by atoms with van der Waals surface area (Å²) in [5.74, 6) is 1.02. The predicted molar refractivity (Wildman–Crippen MR) is 144 cm³/mol. The molecule has 0 spiro atoms. The van der Waals surface area contributed by atoms with Crippen LogP contribution in [0.4, 0.5) is 4.39 Å². The highest BCUT2D eigenvalue weighted by Gasteiger charge is 2.34. The molecule has 1 aliphatic heterocycles. The van der Waals surface area contributed by atoms with Crippen molar-refractivity contribution in [2.45, 2.75) is 44.4 Å².